The van der Waals surface area contributed by atoms with Gasteiger partial charge in [-0.05, 0) is 61.1 Å². The molecular weight excluding hydrogens is 272 g/mol. The number of aromatic carboxylic acids is 1. The topological polar surface area (TPSA) is 46.5 Å². The summed E-state index contributed by atoms with van der Waals surface area (Å²) in [5.41, 5.74) is 2.83. The predicted molar refractivity (Wildman–Crippen MR) is 78.7 cm³/mol. The molecule has 2 aromatic rings. The molecule has 0 atom stereocenters. The zero-order chi connectivity index (χ0) is 13.9. The minimum absolute atomic E-state index is 0.356. The highest BCUT2D eigenvalue weighted by atomic mass is 32.1. The highest BCUT2D eigenvalue weighted by Gasteiger charge is 2.11. The van der Waals surface area contributed by atoms with Crippen molar-refractivity contribution in [1.29, 1.82) is 0 Å². The van der Waals surface area contributed by atoms with Gasteiger partial charge in [-0.3, -0.25) is 0 Å². The normalized spacial score (nSPS) is 13.8. The highest BCUT2D eigenvalue weighted by molar-refractivity contribution is 7.13. The Morgan fingerprint density at radius 3 is 2.70 bits per heavy atom. The second-order valence-corrected chi connectivity index (χ2v) is 6.17. The molecule has 0 fully saturated rings. The van der Waals surface area contributed by atoms with Gasteiger partial charge < -0.3 is 9.84 Å². The third-order valence-electron chi connectivity index (χ3n) is 3.57. The molecule has 3 rings (SSSR count). The van der Waals surface area contributed by atoms with Gasteiger partial charge in [0.05, 0.1) is 0 Å². The molecule has 1 aromatic heterocycles. The largest absolute Gasteiger partial charge is 0.488 e. The zero-order valence-corrected chi connectivity index (χ0v) is 11.9. The van der Waals surface area contributed by atoms with Crippen molar-refractivity contribution >= 4 is 17.3 Å². The number of ether oxygens (including phenoxy) is 1. The lowest BCUT2D eigenvalue weighted by atomic mass is 9.92. The minimum Gasteiger partial charge on any atom is -0.488 e. The van der Waals surface area contributed by atoms with Crippen molar-refractivity contribution < 1.29 is 14.6 Å². The molecule has 1 N–H and O–H groups in total. The van der Waals surface area contributed by atoms with Gasteiger partial charge in [-0.25, -0.2) is 4.79 Å². The van der Waals surface area contributed by atoms with Gasteiger partial charge in [0.15, 0.2) is 0 Å². The average Bonchev–Trinajstić information content (AvgIpc) is 2.94. The molecule has 0 aliphatic heterocycles. The Bertz CT molecular complexity index is 630. The summed E-state index contributed by atoms with van der Waals surface area (Å²) >= 11 is 1.26. The molecule has 1 aromatic carbocycles. The van der Waals surface area contributed by atoms with Crippen LogP contribution in [0.3, 0.4) is 0 Å². The van der Waals surface area contributed by atoms with E-state index in [1.54, 1.807) is 6.07 Å². The molecule has 4 heteroatoms. The first-order valence-electron chi connectivity index (χ1n) is 6.79. The molecule has 104 valence electrons. The first kappa shape index (κ1) is 13.2. The summed E-state index contributed by atoms with van der Waals surface area (Å²) in [5, 5.41) is 8.89. The Morgan fingerprint density at radius 2 is 1.95 bits per heavy atom. The second-order valence-electron chi connectivity index (χ2n) is 5.00. The summed E-state index contributed by atoms with van der Waals surface area (Å²) in [6.45, 7) is 0.427. The Kier molecular flexibility index (Phi) is 3.74. The fourth-order valence-corrected chi connectivity index (χ4v) is 3.28. The number of carboxylic acid groups (broad SMARTS) is 1. The van der Waals surface area contributed by atoms with Crippen LogP contribution in [0.4, 0.5) is 0 Å². The van der Waals surface area contributed by atoms with Gasteiger partial charge in [-0.2, -0.15) is 0 Å². The standard InChI is InChI=1S/C16H16O3S/c17-16(18)15-8-7-14(20-15)10-19-13-6-5-11-3-1-2-4-12(11)9-13/h5-9H,1-4,10H2,(H,17,18). The van der Waals surface area contributed by atoms with E-state index in [2.05, 4.69) is 12.1 Å². The number of thiophene rings is 1. The van der Waals surface area contributed by atoms with Crippen LogP contribution < -0.4 is 4.74 Å². The van der Waals surface area contributed by atoms with Gasteiger partial charge in [-0.15, -0.1) is 11.3 Å². The number of hydrogen-bond acceptors (Lipinski definition) is 3. The SMILES string of the molecule is O=C(O)c1ccc(COc2ccc3c(c2)CCCC3)s1. The van der Waals surface area contributed by atoms with Crippen LogP contribution in [0.2, 0.25) is 0 Å². The molecule has 0 radical (unpaired) electrons. The van der Waals surface area contributed by atoms with Crippen LogP contribution in [0.15, 0.2) is 30.3 Å². The molecule has 1 heterocycles. The van der Waals surface area contributed by atoms with Crippen LogP contribution in [0.5, 0.6) is 5.75 Å². The summed E-state index contributed by atoms with van der Waals surface area (Å²) in [7, 11) is 0. The summed E-state index contributed by atoms with van der Waals surface area (Å²) < 4.78 is 5.77. The number of carboxylic acids is 1. The van der Waals surface area contributed by atoms with Crippen molar-refractivity contribution in [2.45, 2.75) is 32.3 Å². The predicted octanol–water partition coefficient (Wildman–Crippen LogP) is 3.90. The van der Waals surface area contributed by atoms with Gasteiger partial charge in [0, 0.05) is 4.88 Å². The average molecular weight is 288 g/mol. The Labute approximate surface area is 121 Å². The summed E-state index contributed by atoms with van der Waals surface area (Å²) in [4.78, 5) is 12.1. The summed E-state index contributed by atoms with van der Waals surface area (Å²) in [6, 6.07) is 9.72. The van der Waals surface area contributed by atoms with Crippen molar-refractivity contribution in [1.82, 2.24) is 0 Å². The fourth-order valence-electron chi connectivity index (χ4n) is 2.52. The van der Waals surface area contributed by atoms with Gasteiger partial charge >= 0.3 is 5.97 Å². The van der Waals surface area contributed by atoms with Crippen LogP contribution in [-0.2, 0) is 19.4 Å². The van der Waals surface area contributed by atoms with Gasteiger partial charge in [0.25, 0.3) is 0 Å². The number of carbonyl (C=O) groups is 1. The lowest BCUT2D eigenvalue weighted by Gasteiger charge is -2.16. The molecule has 1 aliphatic carbocycles. The van der Waals surface area contributed by atoms with Crippen LogP contribution in [0, 0.1) is 0 Å². The van der Waals surface area contributed by atoms with E-state index in [-0.39, 0.29) is 0 Å². The first-order valence-corrected chi connectivity index (χ1v) is 7.60. The van der Waals surface area contributed by atoms with Crippen LogP contribution in [0.25, 0.3) is 0 Å². The van der Waals surface area contributed by atoms with Gasteiger partial charge in [-0.1, -0.05) is 6.07 Å². The molecule has 1 aliphatic rings. The van der Waals surface area contributed by atoms with E-state index in [4.69, 9.17) is 9.84 Å². The van der Waals surface area contributed by atoms with Crippen LogP contribution in [-0.4, -0.2) is 11.1 Å². The second kappa shape index (κ2) is 5.67. The van der Waals surface area contributed by atoms with Gasteiger partial charge in [0.1, 0.15) is 17.2 Å². The number of fused-ring (bicyclic) bond motifs is 1. The van der Waals surface area contributed by atoms with E-state index in [9.17, 15) is 4.79 Å². The third-order valence-corrected chi connectivity index (χ3v) is 4.62. The lowest BCUT2D eigenvalue weighted by Crippen LogP contribution is -2.03. The van der Waals surface area contributed by atoms with E-state index in [1.807, 2.05) is 12.1 Å². The minimum atomic E-state index is -0.880. The van der Waals surface area contributed by atoms with E-state index in [0.717, 1.165) is 17.0 Å². The van der Waals surface area contributed by atoms with Crippen molar-refractivity contribution in [3.63, 3.8) is 0 Å². The molecule has 0 amide bonds. The van der Waals surface area contributed by atoms with Crippen molar-refractivity contribution in [2.75, 3.05) is 0 Å². The third kappa shape index (κ3) is 2.85. The number of rotatable bonds is 4. The molecule has 0 bridgehead atoms. The summed E-state index contributed by atoms with van der Waals surface area (Å²) in [6.07, 6.45) is 4.83. The summed E-state index contributed by atoms with van der Waals surface area (Å²) in [5.74, 6) is -0.00837. The molecule has 0 spiro atoms. The smallest absolute Gasteiger partial charge is 0.345 e. The van der Waals surface area contributed by atoms with Gasteiger partial charge in [0.2, 0.25) is 0 Å². The molecule has 0 saturated heterocycles. The van der Waals surface area contributed by atoms with Crippen molar-refractivity contribution in [3.05, 3.63) is 51.2 Å². The molecule has 3 nitrogen and oxygen atoms in total. The quantitative estimate of drug-likeness (QED) is 0.928. The van der Waals surface area contributed by atoms with Crippen molar-refractivity contribution in [3.8, 4) is 5.75 Å². The fraction of sp³-hybridized carbons (Fsp3) is 0.312. The monoisotopic (exact) mass is 288 g/mol. The van der Waals surface area contributed by atoms with Crippen molar-refractivity contribution in [2.24, 2.45) is 0 Å². The maximum Gasteiger partial charge on any atom is 0.345 e. The van der Waals surface area contributed by atoms with E-state index in [1.165, 1.54) is 41.7 Å². The lowest BCUT2D eigenvalue weighted by molar-refractivity contribution is 0.0702. The molecule has 20 heavy (non-hydrogen) atoms. The molecular formula is C16H16O3S. The van der Waals surface area contributed by atoms with E-state index >= 15 is 0 Å². The van der Waals surface area contributed by atoms with Crippen LogP contribution >= 0.6 is 11.3 Å². The zero-order valence-electron chi connectivity index (χ0n) is 11.1. The van der Waals surface area contributed by atoms with E-state index < -0.39 is 5.97 Å². The number of benzene rings is 1. The Hall–Kier alpha value is -1.81. The van der Waals surface area contributed by atoms with E-state index in [0.29, 0.717) is 11.5 Å². The Morgan fingerprint density at radius 1 is 1.15 bits per heavy atom. The highest BCUT2D eigenvalue weighted by Crippen LogP contribution is 2.26. The van der Waals surface area contributed by atoms with Crippen LogP contribution in [0.1, 0.15) is 38.5 Å². The molecule has 0 saturated carbocycles. The Balaban J connectivity index is 1.67. The maximum atomic E-state index is 10.8. The molecule has 0 unspecified atom stereocenters. The maximum absolute atomic E-state index is 10.8. The number of aryl methyl sites for hydroxylation is 2. The number of hydrogen-bond donors (Lipinski definition) is 1. The first-order chi connectivity index (χ1) is 9.72.